The zero-order valence-electron chi connectivity index (χ0n) is 15.8. The van der Waals surface area contributed by atoms with E-state index in [0.717, 1.165) is 42.8 Å². The monoisotopic (exact) mass is 377 g/mol. The maximum Gasteiger partial charge on any atom is 0.253 e. The van der Waals surface area contributed by atoms with Gasteiger partial charge in [0.15, 0.2) is 0 Å². The molecule has 0 saturated carbocycles. The van der Waals surface area contributed by atoms with Crippen LogP contribution in [0.5, 0.6) is 0 Å². The van der Waals surface area contributed by atoms with Crippen LogP contribution in [0.15, 0.2) is 49.1 Å². The highest BCUT2D eigenvalue weighted by atomic mass is 16.5. The van der Waals surface area contributed by atoms with E-state index in [0.29, 0.717) is 17.6 Å². The van der Waals surface area contributed by atoms with E-state index in [2.05, 4.69) is 27.2 Å². The molecule has 2 saturated heterocycles. The van der Waals surface area contributed by atoms with Crippen LogP contribution in [0.2, 0.25) is 0 Å². The number of hydrogen-bond donors (Lipinski definition) is 1. The molecule has 0 spiro atoms. The van der Waals surface area contributed by atoms with Crippen molar-refractivity contribution in [2.24, 2.45) is 0 Å². The fraction of sp³-hybridized carbons (Fsp3) is 0.381. The van der Waals surface area contributed by atoms with E-state index >= 15 is 0 Å². The number of aromatic nitrogens is 3. The summed E-state index contributed by atoms with van der Waals surface area (Å²) >= 11 is 0. The van der Waals surface area contributed by atoms with Gasteiger partial charge in [0, 0.05) is 42.1 Å². The quantitative estimate of drug-likeness (QED) is 0.756. The second-order valence-electron chi connectivity index (χ2n) is 7.65. The van der Waals surface area contributed by atoms with Gasteiger partial charge in [0.2, 0.25) is 0 Å². The number of piperidine rings is 1. The van der Waals surface area contributed by atoms with Gasteiger partial charge in [-0.1, -0.05) is 0 Å². The summed E-state index contributed by atoms with van der Waals surface area (Å²) in [6.07, 6.45) is 8.94. The number of morpholine rings is 1. The molecule has 7 nitrogen and oxygen atoms in total. The number of nitrogens with one attached hydrogen (secondary N) is 1. The Bertz CT molecular complexity index is 988. The predicted octanol–water partition coefficient (Wildman–Crippen LogP) is 2.01. The molecule has 3 aromatic heterocycles. The zero-order chi connectivity index (χ0) is 19.1. The summed E-state index contributed by atoms with van der Waals surface area (Å²) in [6.45, 7) is 1.48. The number of amides is 1. The van der Waals surface area contributed by atoms with E-state index in [9.17, 15) is 4.79 Å². The highest BCUT2D eigenvalue weighted by Gasteiger charge is 2.37. The van der Waals surface area contributed by atoms with E-state index in [1.54, 1.807) is 18.6 Å². The van der Waals surface area contributed by atoms with Gasteiger partial charge in [-0.05, 0) is 44.2 Å². The maximum atomic E-state index is 13.2. The van der Waals surface area contributed by atoms with Crippen LogP contribution in [0.1, 0.15) is 23.2 Å². The molecule has 5 rings (SSSR count). The minimum absolute atomic E-state index is 0.0471. The Morgan fingerprint density at radius 2 is 1.96 bits per heavy atom. The molecule has 2 fully saturated rings. The average Bonchev–Trinajstić information content (AvgIpc) is 3.09. The number of carbonyl (C=O) groups is 1. The van der Waals surface area contributed by atoms with Gasteiger partial charge >= 0.3 is 0 Å². The number of fused-ring (bicyclic) bond motifs is 3. The number of ether oxygens (including phenoxy) is 1. The number of rotatable bonds is 3. The molecular formula is C21H23N5O2. The molecule has 0 aromatic carbocycles. The third kappa shape index (κ3) is 2.96. The Hall–Kier alpha value is -2.77. The van der Waals surface area contributed by atoms with Gasteiger partial charge in [-0.3, -0.25) is 19.2 Å². The van der Waals surface area contributed by atoms with Gasteiger partial charge in [-0.25, -0.2) is 4.98 Å². The van der Waals surface area contributed by atoms with E-state index in [1.807, 2.05) is 35.0 Å². The number of likely N-dealkylation sites (N-methyl/N-ethyl adjacent to an activating group) is 1. The Labute approximate surface area is 163 Å². The highest BCUT2D eigenvalue weighted by Crippen LogP contribution is 2.27. The molecule has 144 valence electrons. The molecule has 2 atom stereocenters. The standard InChI is InChI=1S/C21H23N5O2/c1-25-16-8-14(9-17(25)13-28-12-16)24-21(27)19-11-26(15-4-2-6-22-10-15)20-18(19)5-3-7-23-20/h2-7,10-11,14,16-17H,8-9,12-13H2,1H3,(H,24,27). The smallest absolute Gasteiger partial charge is 0.253 e. The highest BCUT2D eigenvalue weighted by molar-refractivity contribution is 6.06. The van der Waals surface area contributed by atoms with Crippen molar-refractivity contribution in [1.29, 1.82) is 0 Å². The minimum atomic E-state index is -0.0471. The SMILES string of the molecule is CN1C2COCC1CC(NC(=O)c1cn(-c3cccnc3)c3ncccc13)C2. The third-order valence-corrected chi connectivity index (χ3v) is 5.95. The third-order valence-electron chi connectivity index (χ3n) is 5.95. The van der Waals surface area contributed by atoms with Crippen LogP contribution in [-0.2, 0) is 4.74 Å². The van der Waals surface area contributed by atoms with Gasteiger partial charge < -0.3 is 10.1 Å². The van der Waals surface area contributed by atoms with E-state index in [-0.39, 0.29) is 11.9 Å². The zero-order valence-corrected chi connectivity index (χ0v) is 15.8. The van der Waals surface area contributed by atoms with Crippen molar-refractivity contribution in [1.82, 2.24) is 24.8 Å². The molecule has 2 aliphatic heterocycles. The number of pyridine rings is 2. The first kappa shape index (κ1) is 17.3. The second-order valence-corrected chi connectivity index (χ2v) is 7.65. The summed E-state index contributed by atoms with van der Waals surface area (Å²) in [5.74, 6) is -0.0471. The van der Waals surface area contributed by atoms with Crippen molar-refractivity contribution in [3.63, 3.8) is 0 Å². The first-order chi connectivity index (χ1) is 13.7. The lowest BCUT2D eigenvalue weighted by molar-refractivity contribution is -0.0670. The van der Waals surface area contributed by atoms with E-state index in [4.69, 9.17) is 4.74 Å². The molecular weight excluding hydrogens is 354 g/mol. The molecule has 2 bridgehead atoms. The summed E-state index contributed by atoms with van der Waals surface area (Å²) < 4.78 is 7.61. The van der Waals surface area contributed by atoms with Crippen molar-refractivity contribution in [3.8, 4) is 5.69 Å². The van der Waals surface area contributed by atoms with Crippen molar-refractivity contribution < 1.29 is 9.53 Å². The predicted molar refractivity (Wildman–Crippen MR) is 106 cm³/mol. The molecule has 2 aliphatic rings. The molecule has 5 heterocycles. The molecule has 1 N–H and O–H groups in total. The van der Waals surface area contributed by atoms with Gasteiger partial charge in [-0.15, -0.1) is 0 Å². The Balaban J connectivity index is 1.44. The van der Waals surface area contributed by atoms with Gasteiger partial charge in [-0.2, -0.15) is 0 Å². The van der Waals surface area contributed by atoms with Crippen LogP contribution in [0.3, 0.4) is 0 Å². The van der Waals surface area contributed by atoms with Crippen molar-refractivity contribution >= 4 is 16.9 Å². The summed E-state index contributed by atoms with van der Waals surface area (Å²) in [7, 11) is 2.16. The largest absolute Gasteiger partial charge is 0.378 e. The first-order valence-electron chi connectivity index (χ1n) is 9.67. The summed E-state index contributed by atoms with van der Waals surface area (Å²) in [6, 6.07) is 8.55. The lowest BCUT2D eigenvalue weighted by atomic mass is 9.90. The van der Waals surface area contributed by atoms with Crippen LogP contribution in [0, 0.1) is 0 Å². The normalized spacial score (nSPS) is 25.0. The van der Waals surface area contributed by atoms with Crippen molar-refractivity contribution in [3.05, 3.63) is 54.6 Å². The van der Waals surface area contributed by atoms with Crippen LogP contribution >= 0.6 is 0 Å². The number of hydrogen-bond acceptors (Lipinski definition) is 5. The van der Waals surface area contributed by atoms with Crippen LogP contribution in [0.25, 0.3) is 16.7 Å². The maximum absolute atomic E-state index is 13.2. The minimum Gasteiger partial charge on any atom is -0.378 e. The second kappa shape index (κ2) is 7.00. The summed E-state index contributed by atoms with van der Waals surface area (Å²) in [5.41, 5.74) is 2.29. The van der Waals surface area contributed by atoms with Crippen molar-refractivity contribution in [2.45, 2.75) is 31.0 Å². The molecule has 7 heteroatoms. The van der Waals surface area contributed by atoms with E-state index in [1.165, 1.54) is 0 Å². The molecule has 2 unspecified atom stereocenters. The molecule has 28 heavy (non-hydrogen) atoms. The topological polar surface area (TPSA) is 72.3 Å². The molecule has 0 radical (unpaired) electrons. The van der Waals surface area contributed by atoms with Crippen LogP contribution in [0.4, 0.5) is 0 Å². The molecule has 3 aromatic rings. The van der Waals surface area contributed by atoms with Crippen LogP contribution in [-0.4, -0.2) is 63.7 Å². The lowest BCUT2D eigenvalue weighted by Gasteiger charge is -2.46. The lowest BCUT2D eigenvalue weighted by Crippen LogP contribution is -2.59. The fourth-order valence-corrected chi connectivity index (χ4v) is 4.41. The Morgan fingerprint density at radius 1 is 1.18 bits per heavy atom. The van der Waals surface area contributed by atoms with Gasteiger partial charge in [0.05, 0.1) is 30.7 Å². The van der Waals surface area contributed by atoms with E-state index < -0.39 is 0 Å². The molecule has 1 amide bonds. The van der Waals surface area contributed by atoms with Crippen molar-refractivity contribution in [2.75, 3.05) is 20.3 Å². The average molecular weight is 377 g/mol. The summed E-state index contributed by atoms with van der Waals surface area (Å²) in [5, 5.41) is 4.11. The number of carbonyl (C=O) groups excluding carboxylic acids is 1. The fourth-order valence-electron chi connectivity index (χ4n) is 4.41. The number of nitrogens with zero attached hydrogens (tertiary/aromatic N) is 4. The van der Waals surface area contributed by atoms with Crippen LogP contribution < -0.4 is 5.32 Å². The Kier molecular flexibility index (Phi) is 4.33. The summed E-state index contributed by atoms with van der Waals surface area (Å²) in [4.78, 5) is 24.2. The Morgan fingerprint density at radius 3 is 2.71 bits per heavy atom. The molecule has 0 aliphatic carbocycles. The van der Waals surface area contributed by atoms with Gasteiger partial charge in [0.25, 0.3) is 5.91 Å². The van der Waals surface area contributed by atoms with Gasteiger partial charge in [0.1, 0.15) is 5.65 Å². The first-order valence-corrected chi connectivity index (χ1v) is 9.67.